The van der Waals surface area contributed by atoms with Gasteiger partial charge in [-0.3, -0.25) is 0 Å². The van der Waals surface area contributed by atoms with Crippen molar-refractivity contribution in [3.8, 4) is 33.4 Å². The quantitative estimate of drug-likeness (QED) is 0.133. The van der Waals surface area contributed by atoms with E-state index in [0.29, 0.717) is 21.9 Å². The van der Waals surface area contributed by atoms with Gasteiger partial charge >= 0.3 is 0 Å². The first kappa shape index (κ1) is 38.8. The minimum atomic E-state index is -0.0401. The van der Waals surface area contributed by atoms with E-state index in [1.54, 1.807) is 0 Å². The van der Waals surface area contributed by atoms with E-state index in [-0.39, 0.29) is 115 Å². The van der Waals surface area contributed by atoms with E-state index >= 15 is 0 Å². The van der Waals surface area contributed by atoms with Crippen LogP contribution in [0.2, 0.25) is 0 Å². The molecule has 9 rings (SSSR count). The maximum absolute atomic E-state index is 7.04. The molecule has 0 atom stereocenters. The highest BCUT2D eigenvalue weighted by atomic mass is 16.3. The highest BCUT2D eigenvalue weighted by Crippen LogP contribution is 2.43. The lowest BCUT2D eigenvalue weighted by atomic mass is 9.56. The molecule has 0 amide bonds. The van der Waals surface area contributed by atoms with Crippen LogP contribution in [-0.4, -0.2) is 118 Å². The number of hydrogen-bond acceptors (Lipinski definition) is 1. The van der Waals surface area contributed by atoms with Gasteiger partial charge in [0.05, 0.1) is 0 Å². The average molecular weight is 694 g/mol. The number of fused-ring (bicyclic) bond motifs is 6. The Bertz CT molecular complexity index is 3260. The lowest BCUT2D eigenvalue weighted by Gasteiger charge is -2.31. The standard InChI is InChI=1S/C42H11B15O/c43-28-21-18(13-6-3-5-12(11-13)14-8-4-10-17-19(14)15-7-1-2-9-16(15)58-17)22-24(32(47)40(55)38(53)29(22)44)20(23(21)31(46)39(54)37(28)52)25-26-27(34(49)36(51)30(25)45)35(50)42(57)41(56)33(26)48/h1-11H. The minimum absolute atomic E-state index is 0.000885. The van der Waals surface area contributed by atoms with E-state index in [1.807, 2.05) is 66.7 Å². The van der Waals surface area contributed by atoms with Crippen molar-refractivity contribution in [1.29, 1.82) is 0 Å². The topological polar surface area (TPSA) is 13.1 Å². The zero-order valence-corrected chi connectivity index (χ0v) is 30.9. The van der Waals surface area contributed by atoms with Crippen LogP contribution in [0, 0.1) is 0 Å². The third-order valence-corrected chi connectivity index (χ3v) is 11.5. The molecule has 0 aliphatic rings. The van der Waals surface area contributed by atoms with Crippen LogP contribution >= 0.6 is 0 Å². The third kappa shape index (κ3) is 5.18. The second kappa shape index (κ2) is 13.7. The molecular weight excluding hydrogens is 683 g/mol. The summed E-state index contributed by atoms with van der Waals surface area (Å²) < 4.78 is 6.22. The van der Waals surface area contributed by atoms with Gasteiger partial charge in [-0.1, -0.05) is 92.2 Å². The molecule has 58 heavy (non-hydrogen) atoms. The van der Waals surface area contributed by atoms with E-state index in [4.69, 9.17) is 122 Å². The Morgan fingerprint density at radius 3 is 1.21 bits per heavy atom. The Morgan fingerprint density at radius 2 is 0.672 bits per heavy atom. The smallest absolute Gasteiger partial charge is 0.136 e. The first-order chi connectivity index (χ1) is 27.6. The Labute approximate surface area is 356 Å². The monoisotopic (exact) mass is 696 g/mol. The first-order valence-electron chi connectivity index (χ1n) is 17.9. The van der Waals surface area contributed by atoms with E-state index < -0.39 is 0 Å². The molecule has 0 fully saturated rings. The van der Waals surface area contributed by atoms with Crippen molar-refractivity contribution in [3.05, 3.63) is 66.7 Å². The van der Waals surface area contributed by atoms with Gasteiger partial charge in [0.2, 0.25) is 0 Å². The van der Waals surface area contributed by atoms with E-state index in [1.165, 1.54) is 0 Å². The van der Waals surface area contributed by atoms with Crippen molar-refractivity contribution in [1.82, 2.24) is 0 Å². The van der Waals surface area contributed by atoms with Crippen LogP contribution in [-0.2, 0) is 0 Å². The summed E-state index contributed by atoms with van der Waals surface area (Å²) in [5, 5.41) is 3.48. The second-order valence-electron chi connectivity index (χ2n) is 14.4. The highest BCUT2D eigenvalue weighted by molar-refractivity contribution is 6.75. The molecule has 0 aliphatic heterocycles. The van der Waals surface area contributed by atoms with Crippen LogP contribution in [0.25, 0.3) is 87.6 Å². The van der Waals surface area contributed by atoms with Crippen LogP contribution in [0.3, 0.4) is 0 Å². The van der Waals surface area contributed by atoms with Crippen LogP contribution in [0.5, 0.6) is 0 Å². The molecule has 0 saturated heterocycles. The first-order valence-corrected chi connectivity index (χ1v) is 17.9. The predicted octanol–water partition coefficient (Wildman–Crippen LogP) is -6.05. The molecule has 230 valence electrons. The van der Waals surface area contributed by atoms with Crippen molar-refractivity contribution in [2.45, 2.75) is 0 Å². The molecule has 1 aromatic heterocycles. The molecule has 9 aromatic rings. The molecule has 0 spiro atoms. The maximum Gasteiger partial charge on any atom is 0.136 e. The third-order valence-electron chi connectivity index (χ3n) is 11.5. The molecule has 30 radical (unpaired) electrons. The zero-order valence-electron chi connectivity index (χ0n) is 30.9. The number of benzene rings is 8. The summed E-state index contributed by atoms with van der Waals surface area (Å²) in [6.45, 7) is 0. The van der Waals surface area contributed by atoms with Gasteiger partial charge in [0, 0.05) is 10.8 Å². The molecule has 0 N–H and O–H groups in total. The normalized spacial score (nSPS) is 11.8. The van der Waals surface area contributed by atoms with Crippen LogP contribution in [0.1, 0.15) is 0 Å². The fourth-order valence-electron chi connectivity index (χ4n) is 8.52. The van der Waals surface area contributed by atoms with Crippen LogP contribution < -0.4 is 81.9 Å². The molecule has 1 heterocycles. The summed E-state index contributed by atoms with van der Waals surface area (Å²) in [7, 11) is 101. The van der Waals surface area contributed by atoms with Crippen LogP contribution in [0.15, 0.2) is 71.1 Å². The largest absolute Gasteiger partial charge is 0.456 e. The fourth-order valence-corrected chi connectivity index (χ4v) is 8.52. The lowest BCUT2D eigenvalue weighted by Crippen LogP contribution is -2.53. The summed E-state index contributed by atoms with van der Waals surface area (Å²) in [5.74, 6) is 0. The Morgan fingerprint density at radius 1 is 0.276 bits per heavy atom. The van der Waals surface area contributed by atoms with Gasteiger partial charge in [-0.2, -0.15) is 0 Å². The van der Waals surface area contributed by atoms with Gasteiger partial charge in [-0.25, -0.2) is 0 Å². The molecule has 0 bridgehead atoms. The number of hydrogen-bond donors (Lipinski definition) is 0. The number of para-hydroxylation sites is 1. The number of furan rings is 1. The average Bonchev–Trinajstić information content (AvgIpc) is 3.62. The Balaban J connectivity index is 1.55. The van der Waals surface area contributed by atoms with Crippen molar-refractivity contribution in [2.75, 3.05) is 0 Å². The molecule has 0 saturated carbocycles. The second-order valence-corrected chi connectivity index (χ2v) is 14.4. The van der Waals surface area contributed by atoms with Crippen molar-refractivity contribution < 1.29 is 4.42 Å². The van der Waals surface area contributed by atoms with Crippen molar-refractivity contribution in [2.24, 2.45) is 0 Å². The van der Waals surface area contributed by atoms with Gasteiger partial charge in [-0.05, 0) is 83.9 Å². The van der Waals surface area contributed by atoms with Gasteiger partial charge in [-0.15, -0.1) is 38.2 Å². The SMILES string of the molecule is [B]c1c([B])c([B])c2c(-c3c4c([B])c([B])c([B])c([B])c4c(-c4cccc(-c5cccc6oc7ccccc7c56)c4)c4c([B])c([B])c([B])c([B])c34)c([B])c([B])c([B])c2c1[B]. The van der Waals surface area contributed by atoms with E-state index in [9.17, 15) is 0 Å². The summed E-state index contributed by atoms with van der Waals surface area (Å²) in [4.78, 5) is 0. The van der Waals surface area contributed by atoms with Crippen LogP contribution in [0.4, 0.5) is 0 Å². The Hall–Kier alpha value is -4.69. The molecule has 0 aliphatic carbocycles. The van der Waals surface area contributed by atoms with Crippen molar-refractivity contribution in [3.63, 3.8) is 0 Å². The van der Waals surface area contributed by atoms with Gasteiger partial charge in [0.15, 0.2) is 0 Å². The Kier molecular flexibility index (Phi) is 9.16. The molecule has 8 aromatic carbocycles. The highest BCUT2D eigenvalue weighted by Gasteiger charge is 2.28. The number of rotatable bonds is 3. The van der Waals surface area contributed by atoms with E-state index in [0.717, 1.165) is 33.1 Å². The minimum Gasteiger partial charge on any atom is -0.456 e. The van der Waals surface area contributed by atoms with Gasteiger partial charge < -0.3 is 4.42 Å². The summed E-state index contributed by atoms with van der Waals surface area (Å²) in [6.07, 6.45) is 0. The molecule has 1 nitrogen and oxygen atoms in total. The molecule has 16 heteroatoms. The summed E-state index contributed by atoms with van der Waals surface area (Å²) in [6, 6.07) is 21.5. The van der Waals surface area contributed by atoms with E-state index in [2.05, 4.69) is 0 Å². The van der Waals surface area contributed by atoms with Crippen molar-refractivity contribution >= 4 is 254 Å². The lowest BCUT2D eigenvalue weighted by molar-refractivity contribution is 0.669. The predicted molar refractivity (Wildman–Crippen MR) is 263 cm³/mol. The van der Waals surface area contributed by atoms with Gasteiger partial charge in [0.1, 0.15) is 129 Å². The summed E-state index contributed by atoms with van der Waals surface area (Å²) in [5.41, 5.74) is 4.87. The molecule has 0 unspecified atom stereocenters. The maximum atomic E-state index is 7.04. The fraction of sp³-hybridized carbons (Fsp3) is 0. The molecular formula is C42H11B15O. The zero-order chi connectivity index (χ0) is 41.4. The summed E-state index contributed by atoms with van der Waals surface area (Å²) >= 11 is 0. The van der Waals surface area contributed by atoms with Gasteiger partial charge in [0.25, 0.3) is 0 Å².